The van der Waals surface area contributed by atoms with Crippen molar-refractivity contribution in [3.63, 3.8) is 0 Å². The van der Waals surface area contributed by atoms with Gasteiger partial charge in [-0.3, -0.25) is 0 Å². The normalized spacial score (nSPS) is 14.5. The summed E-state index contributed by atoms with van der Waals surface area (Å²) in [6.07, 6.45) is 0. The Morgan fingerprint density at radius 1 is 0.364 bits per heavy atom. The van der Waals surface area contributed by atoms with Crippen LogP contribution >= 0.6 is 0 Å². The molecule has 0 spiro atoms. The van der Waals surface area contributed by atoms with Gasteiger partial charge in [0, 0.05) is 22.3 Å². The lowest BCUT2D eigenvalue weighted by molar-refractivity contribution is 0.0402. The molecule has 2 aliphatic carbocycles. The molecule has 5 aromatic carbocycles. The van der Waals surface area contributed by atoms with Crippen molar-refractivity contribution in [1.82, 2.24) is 0 Å². The Morgan fingerprint density at radius 3 is 1.04 bits per heavy atom. The summed E-state index contributed by atoms with van der Waals surface area (Å²) in [6, 6.07) is 0.133. The Labute approximate surface area is 289 Å². The van der Waals surface area contributed by atoms with Crippen LogP contribution in [-0.4, -0.2) is 7.12 Å². The largest absolute Gasteiger partial charge is 0.635 e. The Morgan fingerprint density at radius 2 is 0.673 bits per heavy atom. The summed E-state index contributed by atoms with van der Waals surface area (Å²) in [5, 5.41) is 0. The summed E-state index contributed by atoms with van der Waals surface area (Å²) in [5.41, 5.74) is -21.6. The third-order valence-electron chi connectivity index (χ3n) is 8.51. The zero-order valence-electron chi connectivity index (χ0n) is 25.2. The minimum atomic E-state index is -5.56. The molecule has 0 bridgehead atoms. The maximum atomic E-state index is 15.8. The van der Waals surface area contributed by atoms with E-state index >= 15 is 39.5 Å². The molecule has 0 fully saturated rings. The van der Waals surface area contributed by atoms with Gasteiger partial charge in [-0.2, -0.15) is 26.3 Å². The minimum Gasteiger partial charge on any atom is -0.519 e. The monoisotopic (exact) mass is 810 g/mol. The van der Waals surface area contributed by atoms with E-state index in [1.807, 2.05) is 0 Å². The van der Waals surface area contributed by atoms with E-state index in [1.165, 1.54) is 0 Å². The molecule has 286 valence electrons. The number of rotatable bonds is 5. The van der Waals surface area contributed by atoms with Gasteiger partial charge in [0.25, 0.3) is 0 Å². The molecule has 55 heavy (non-hydrogen) atoms. The van der Waals surface area contributed by atoms with Crippen molar-refractivity contribution >= 4 is 12.6 Å². The van der Waals surface area contributed by atoms with Crippen LogP contribution in [0.3, 0.4) is 0 Å². The maximum Gasteiger partial charge on any atom is 0.635 e. The highest BCUT2D eigenvalue weighted by atomic mass is 19.3. The lowest BCUT2D eigenvalue weighted by Gasteiger charge is -2.24. The predicted molar refractivity (Wildman–Crippen MR) is 142 cm³/mol. The quantitative estimate of drug-likeness (QED) is 0.0762. The average molecular weight is 810 g/mol. The van der Waals surface area contributed by atoms with Crippen LogP contribution in [0.5, 0.6) is 11.5 Å². The van der Waals surface area contributed by atoms with Crippen molar-refractivity contribution < 1.29 is 97.1 Å². The van der Waals surface area contributed by atoms with Crippen LogP contribution in [-0.2, 0) is 11.8 Å². The molecule has 0 saturated heterocycles. The van der Waals surface area contributed by atoms with Gasteiger partial charge in [0.15, 0.2) is 81.3 Å². The minimum absolute atomic E-state index is 0.0595. The molecule has 5 aromatic rings. The zero-order valence-corrected chi connectivity index (χ0v) is 25.2. The van der Waals surface area contributed by atoms with Gasteiger partial charge in [0.1, 0.15) is 11.6 Å². The number of hydrogen-bond donors (Lipinski definition) is 0. The highest BCUT2D eigenvalue weighted by Gasteiger charge is 2.58. The molecule has 7 rings (SSSR count). The molecule has 0 aliphatic heterocycles. The Bertz CT molecular complexity index is 2440. The summed E-state index contributed by atoms with van der Waals surface area (Å²) in [7, 11) is -3.69. The van der Waals surface area contributed by atoms with E-state index in [-0.39, 0.29) is 18.2 Å². The number of hydrogen-bond acceptors (Lipinski definition) is 2. The molecule has 0 radical (unpaired) electrons. The van der Waals surface area contributed by atoms with Gasteiger partial charge in [0.2, 0.25) is 11.6 Å². The molecule has 0 N–H and O–H groups in total. The highest BCUT2D eigenvalue weighted by Crippen LogP contribution is 2.60. The van der Waals surface area contributed by atoms with Gasteiger partial charge in [-0.25, -0.2) is 61.5 Å². The van der Waals surface area contributed by atoms with Crippen LogP contribution in [0.1, 0.15) is 22.3 Å². The van der Waals surface area contributed by atoms with E-state index in [0.29, 0.717) is 0 Å². The van der Waals surface area contributed by atoms with Crippen LogP contribution in [0.15, 0.2) is 18.2 Å². The van der Waals surface area contributed by atoms with Gasteiger partial charge in [-0.1, -0.05) is 0 Å². The third-order valence-corrected chi connectivity index (χ3v) is 8.51. The molecule has 0 heterocycles. The number of benzene rings is 5. The summed E-state index contributed by atoms with van der Waals surface area (Å²) in [5.74, 6) is -61.4. The second kappa shape index (κ2) is 11.9. The Balaban J connectivity index is 1.53. The third kappa shape index (κ3) is 4.79. The average Bonchev–Trinajstić information content (AvgIpc) is 3.53. The van der Waals surface area contributed by atoms with Crippen molar-refractivity contribution in [2.24, 2.45) is 0 Å². The fourth-order valence-corrected chi connectivity index (χ4v) is 6.20. The molecular formula is C32H3BF20O2. The van der Waals surface area contributed by atoms with E-state index in [9.17, 15) is 48.3 Å². The molecule has 23 heteroatoms. The lowest BCUT2D eigenvalue weighted by atomic mass is 9.77. The van der Waals surface area contributed by atoms with Gasteiger partial charge >= 0.3 is 19.0 Å². The first-order valence-electron chi connectivity index (χ1n) is 14.2. The first-order valence-corrected chi connectivity index (χ1v) is 14.2. The first-order chi connectivity index (χ1) is 25.5. The summed E-state index contributed by atoms with van der Waals surface area (Å²) < 4.78 is 308. The number of halogens is 20. The Kier molecular flexibility index (Phi) is 8.17. The summed E-state index contributed by atoms with van der Waals surface area (Å²) in [4.78, 5) is 0. The van der Waals surface area contributed by atoms with Gasteiger partial charge in [-0.05, 0) is 18.2 Å². The molecular weight excluding hydrogens is 807 g/mol. The number of fused-ring (bicyclic) bond motifs is 6. The van der Waals surface area contributed by atoms with Crippen molar-refractivity contribution in [3.8, 4) is 33.8 Å². The van der Waals surface area contributed by atoms with Crippen LogP contribution in [0, 0.1) is 93.1 Å². The van der Waals surface area contributed by atoms with Gasteiger partial charge in [-0.15, -0.1) is 0 Å². The van der Waals surface area contributed by atoms with Crippen LogP contribution in [0.4, 0.5) is 87.8 Å². The molecule has 0 amide bonds. The molecule has 0 atom stereocenters. The standard InChI is InChI=1S/C32H3BF20O2/c34-4-1-2-6(35)5(3-4)33(54-29-13-9(17(38)23(44)27(29)48)7-11(31(13,50)51)19(40)25(46)21(42)15(7)36)55-30-14-10(18(39)24(45)28(30)49)8-12(32(14,52)53)20(41)26(47)22(43)16(8)37/h1-3H. The summed E-state index contributed by atoms with van der Waals surface area (Å²) in [6.45, 7) is 0. The fraction of sp³-hybridized carbons (Fsp3) is 0.0625. The Hall–Kier alpha value is -5.64. The first kappa shape index (κ1) is 37.7. The van der Waals surface area contributed by atoms with E-state index in [4.69, 9.17) is 0 Å². The predicted octanol–water partition coefficient (Wildman–Crippen LogP) is 10.0. The van der Waals surface area contributed by atoms with E-state index < -0.39 is 174 Å². The maximum absolute atomic E-state index is 15.8. The van der Waals surface area contributed by atoms with Crippen LogP contribution < -0.4 is 14.8 Å². The smallest absolute Gasteiger partial charge is 0.519 e. The lowest BCUT2D eigenvalue weighted by Crippen LogP contribution is -2.46. The zero-order chi connectivity index (χ0) is 40.7. The highest BCUT2D eigenvalue weighted by molar-refractivity contribution is 6.63. The van der Waals surface area contributed by atoms with Crippen molar-refractivity contribution in [1.29, 1.82) is 0 Å². The van der Waals surface area contributed by atoms with Gasteiger partial charge < -0.3 is 9.31 Å². The number of alkyl halides is 4. The molecule has 0 saturated carbocycles. The van der Waals surface area contributed by atoms with Crippen LogP contribution in [0.2, 0.25) is 0 Å². The summed E-state index contributed by atoms with van der Waals surface area (Å²) >= 11 is 0. The van der Waals surface area contributed by atoms with Crippen molar-refractivity contribution in [2.75, 3.05) is 0 Å². The van der Waals surface area contributed by atoms with E-state index in [0.717, 1.165) is 0 Å². The van der Waals surface area contributed by atoms with E-state index in [1.54, 1.807) is 0 Å². The molecule has 0 unspecified atom stereocenters. The SMILES string of the molecule is Fc1ccc(F)c(B(Oc2c(F)c(F)c(F)c3c2C(F)(F)c2c(F)c(F)c(F)c(F)c2-3)Oc2c(F)c(F)c(F)c3c2C(F)(F)c2c(F)c(F)c(F)c(F)c2-3)c1. The molecule has 0 aromatic heterocycles. The van der Waals surface area contributed by atoms with E-state index in [2.05, 4.69) is 9.31 Å². The van der Waals surface area contributed by atoms with Crippen LogP contribution in [0.25, 0.3) is 22.3 Å². The second-order valence-electron chi connectivity index (χ2n) is 11.4. The van der Waals surface area contributed by atoms with Gasteiger partial charge in [0.05, 0.1) is 27.7 Å². The molecule has 2 nitrogen and oxygen atoms in total. The second-order valence-corrected chi connectivity index (χ2v) is 11.4. The molecule has 2 aliphatic rings. The fourth-order valence-electron chi connectivity index (χ4n) is 6.20. The van der Waals surface area contributed by atoms with Crippen molar-refractivity contribution in [3.05, 3.63) is 134 Å². The topological polar surface area (TPSA) is 18.5 Å². The van der Waals surface area contributed by atoms with Crippen molar-refractivity contribution in [2.45, 2.75) is 11.8 Å².